The quantitative estimate of drug-likeness (QED) is 0.880. The number of nitrogens with one attached hydrogen (secondary N) is 1. The zero-order valence-electron chi connectivity index (χ0n) is 14.7. The van der Waals surface area contributed by atoms with Crippen molar-refractivity contribution in [2.24, 2.45) is 5.92 Å². The van der Waals surface area contributed by atoms with Gasteiger partial charge in [0, 0.05) is 19.0 Å². The van der Waals surface area contributed by atoms with Crippen LogP contribution < -0.4 is 5.32 Å². The van der Waals surface area contributed by atoms with Crippen LogP contribution in [-0.4, -0.2) is 29.0 Å². The van der Waals surface area contributed by atoms with Gasteiger partial charge in [0.15, 0.2) is 0 Å². The van der Waals surface area contributed by atoms with E-state index in [2.05, 4.69) is 41.4 Å². The smallest absolute Gasteiger partial charge is 0.223 e. The molecule has 0 unspecified atom stereocenters. The summed E-state index contributed by atoms with van der Waals surface area (Å²) >= 11 is 0. The number of amides is 1. The first-order valence-corrected chi connectivity index (χ1v) is 8.93. The second kappa shape index (κ2) is 8.17. The largest absolute Gasteiger partial charge is 0.508 e. The summed E-state index contributed by atoms with van der Waals surface area (Å²) in [4.78, 5) is 14.7. The Kier molecular flexibility index (Phi) is 5.71. The lowest BCUT2D eigenvalue weighted by Gasteiger charge is -2.31. The summed E-state index contributed by atoms with van der Waals surface area (Å²) in [7, 11) is 0. The number of piperidine rings is 1. The third-order valence-electron chi connectivity index (χ3n) is 4.86. The van der Waals surface area contributed by atoms with Crippen LogP contribution in [0.2, 0.25) is 0 Å². The number of aromatic hydroxyl groups is 1. The zero-order valence-corrected chi connectivity index (χ0v) is 14.7. The number of benzene rings is 2. The number of carbonyl (C=O) groups excluding carboxylic acids is 1. The minimum atomic E-state index is 0.103. The maximum atomic E-state index is 12.4. The van der Waals surface area contributed by atoms with Gasteiger partial charge in [-0.15, -0.1) is 0 Å². The van der Waals surface area contributed by atoms with Gasteiger partial charge in [-0.05, 0) is 56.1 Å². The Morgan fingerprint density at radius 3 is 2.52 bits per heavy atom. The fourth-order valence-electron chi connectivity index (χ4n) is 3.31. The second-order valence-corrected chi connectivity index (χ2v) is 6.92. The van der Waals surface area contributed by atoms with Crippen LogP contribution in [0.4, 0.5) is 0 Å². The van der Waals surface area contributed by atoms with Crippen LogP contribution in [0.25, 0.3) is 0 Å². The molecular formula is C21H26N2O2. The molecule has 2 aromatic carbocycles. The predicted octanol–water partition coefficient (Wildman–Crippen LogP) is 3.23. The molecule has 4 heteroatoms. The molecule has 132 valence electrons. The SMILES string of the molecule is Cc1ccc(CNC(=O)C2CCN(Cc3cccc(O)c3)CC2)cc1. The van der Waals surface area contributed by atoms with Crippen molar-refractivity contribution in [1.82, 2.24) is 10.2 Å². The van der Waals surface area contributed by atoms with Crippen molar-refractivity contribution in [3.05, 3.63) is 65.2 Å². The third kappa shape index (κ3) is 5.07. The Bertz CT molecular complexity index is 704. The van der Waals surface area contributed by atoms with E-state index in [-0.39, 0.29) is 11.8 Å². The van der Waals surface area contributed by atoms with E-state index in [1.54, 1.807) is 12.1 Å². The number of hydrogen-bond acceptors (Lipinski definition) is 3. The summed E-state index contributed by atoms with van der Waals surface area (Å²) in [5.74, 6) is 0.575. The molecule has 0 aromatic heterocycles. The molecule has 0 aliphatic carbocycles. The molecule has 25 heavy (non-hydrogen) atoms. The molecule has 1 amide bonds. The standard InChI is InChI=1S/C21H26N2O2/c1-16-5-7-17(8-6-16)14-22-21(25)19-9-11-23(12-10-19)15-18-3-2-4-20(24)13-18/h2-8,13,19,24H,9-12,14-15H2,1H3,(H,22,25). The summed E-state index contributed by atoms with van der Waals surface area (Å²) in [5, 5.41) is 12.6. The highest BCUT2D eigenvalue weighted by molar-refractivity contribution is 5.78. The first-order chi connectivity index (χ1) is 12.1. The van der Waals surface area contributed by atoms with Crippen LogP contribution >= 0.6 is 0 Å². The van der Waals surface area contributed by atoms with Gasteiger partial charge in [-0.3, -0.25) is 9.69 Å². The van der Waals surface area contributed by atoms with Crippen LogP contribution in [0.1, 0.15) is 29.5 Å². The predicted molar refractivity (Wildman–Crippen MR) is 99.1 cm³/mol. The lowest BCUT2D eigenvalue weighted by molar-refractivity contribution is -0.126. The molecule has 0 radical (unpaired) electrons. The van der Waals surface area contributed by atoms with Gasteiger partial charge < -0.3 is 10.4 Å². The molecule has 1 fully saturated rings. The number of phenols is 1. The molecule has 0 bridgehead atoms. The Labute approximate surface area is 149 Å². The monoisotopic (exact) mass is 338 g/mol. The molecule has 1 aliphatic rings. The summed E-state index contributed by atoms with van der Waals surface area (Å²) in [6.45, 7) is 5.32. The number of phenolic OH excluding ortho intramolecular Hbond substituents is 1. The van der Waals surface area contributed by atoms with E-state index in [1.165, 1.54) is 5.56 Å². The minimum Gasteiger partial charge on any atom is -0.508 e. The van der Waals surface area contributed by atoms with Crippen molar-refractivity contribution in [3.8, 4) is 5.75 Å². The van der Waals surface area contributed by atoms with Crippen molar-refractivity contribution < 1.29 is 9.90 Å². The van der Waals surface area contributed by atoms with E-state index < -0.39 is 0 Å². The number of likely N-dealkylation sites (tertiary alicyclic amines) is 1. The number of hydrogen-bond donors (Lipinski definition) is 2. The minimum absolute atomic E-state index is 0.103. The zero-order chi connectivity index (χ0) is 17.6. The van der Waals surface area contributed by atoms with Gasteiger partial charge in [0.25, 0.3) is 0 Å². The lowest BCUT2D eigenvalue weighted by atomic mass is 9.95. The van der Waals surface area contributed by atoms with E-state index >= 15 is 0 Å². The maximum absolute atomic E-state index is 12.4. The average Bonchev–Trinajstić information content (AvgIpc) is 2.62. The highest BCUT2D eigenvalue weighted by Crippen LogP contribution is 2.20. The van der Waals surface area contributed by atoms with E-state index in [0.29, 0.717) is 12.3 Å². The topological polar surface area (TPSA) is 52.6 Å². The molecule has 0 spiro atoms. The van der Waals surface area contributed by atoms with E-state index in [0.717, 1.165) is 43.6 Å². The van der Waals surface area contributed by atoms with E-state index in [4.69, 9.17) is 0 Å². The maximum Gasteiger partial charge on any atom is 0.223 e. The van der Waals surface area contributed by atoms with Gasteiger partial charge in [0.2, 0.25) is 5.91 Å². The Morgan fingerprint density at radius 2 is 1.84 bits per heavy atom. The van der Waals surface area contributed by atoms with Crippen LogP contribution in [0.5, 0.6) is 5.75 Å². The summed E-state index contributed by atoms with van der Waals surface area (Å²) in [6.07, 6.45) is 1.77. The molecular weight excluding hydrogens is 312 g/mol. The molecule has 3 rings (SSSR count). The first kappa shape index (κ1) is 17.5. The fourth-order valence-corrected chi connectivity index (χ4v) is 3.31. The summed E-state index contributed by atoms with van der Waals surface area (Å²) in [6, 6.07) is 15.7. The van der Waals surface area contributed by atoms with Crippen molar-refractivity contribution >= 4 is 5.91 Å². The number of carbonyl (C=O) groups is 1. The van der Waals surface area contributed by atoms with Crippen LogP contribution in [-0.2, 0) is 17.9 Å². The third-order valence-corrected chi connectivity index (χ3v) is 4.86. The van der Waals surface area contributed by atoms with Gasteiger partial charge >= 0.3 is 0 Å². The van der Waals surface area contributed by atoms with Crippen molar-refractivity contribution in [3.63, 3.8) is 0 Å². The van der Waals surface area contributed by atoms with Gasteiger partial charge in [-0.25, -0.2) is 0 Å². The molecule has 0 saturated carbocycles. The highest BCUT2D eigenvalue weighted by Gasteiger charge is 2.24. The Balaban J connectivity index is 1.43. The van der Waals surface area contributed by atoms with Crippen LogP contribution in [0.3, 0.4) is 0 Å². The Morgan fingerprint density at radius 1 is 1.12 bits per heavy atom. The summed E-state index contributed by atoms with van der Waals surface area (Å²) < 4.78 is 0. The van der Waals surface area contributed by atoms with E-state index in [1.807, 2.05) is 12.1 Å². The highest BCUT2D eigenvalue weighted by atomic mass is 16.3. The lowest BCUT2D eigenvalue weighted by Crippen LogP contribution is -2.40. The van der Waals surface area contributed by atoms with Crippen molar-refractivity contribution in [2.45, 2.75) is 32.9 Å². The Hall–Kier alpha value is -2.33. The molecule has 1 heterocycles. The molecule has 0 atom stereocenters. The van der Waals surface area contributed by atoms with Crippen molar-refractivity contribution in [1.29, 1.82) is 0 Å². The molecule has 2 N–H and O–H groups in total. The van der Waals surface area contributed by atoms with Gasteiger partial charge in [0.1, 0.15) is 5.75 Å². The molecule has 1 saturated heterocycles. The fraction of sp³-hybridized carbons (Fsp3) is 0.381. The molecule has 1 aliphatic heterocycles. The molecule has 2 aromatic rings. The van der Waals surface area contributed by atoms with Gasteiger partial charge in [-0.1, -0.05) is 42.0 Å². The average molecular weight is 338 g/mol. The normalized spacial score (nSPS) is 15.9. The van der Waals surface area contributed by atoms with E-state index in [9.17, 15) is 9.90 Å². The number of rotatable bonds is 5. The molecule has 4 nitrogen and oxygen atoms in total. The first-order valence-electron chi connectivity index (χ1n) is 8.93. The van der Waals surface area contributed by atoms with Crippen LogP contribution in [0, 0.1) is 12.8 Å². The van der Waals surface area contributed by atoms with Gasteiger partial charge in [-0.2, -0.15) is 0 Å². The van der Waals surface area contributed by atoms with Crippen LogP contribution in [0.15, 0.2) is 48.5 Å². The van der Waals surface area contributed by atoms with Crippen molar-refractivity contribution in [2.75, 3.05) is 13.1 Å². The number of nitrogens with zero attached hydrogens (tertiary/aromatic N) is 1. The number of aryl methyl sites for hydroxylation is 1. The summed E-state index contributed by atoms with van der Waals surface area (Å²) in [5.41, 5.74) is 3.48. The van der Waals surface area contributed by atoms with Gasteiger partial charge in [0.05, 0.1) is 0 Å². The second-order valence-electron chi connectivity index (χ2n) is 6.92.